The Hall–Kier alpha value is -2.34. The molecule has 3 amide bonds. The molecule has 3 rings (SSSR count). The van der Waals surface area contributed by atoms with Crippen molar-refractivity contribution in [3.63, 3.8) is 0 Å². The van der Waals surface area contributed by atoms with Crippen molar-refractivity contribution >= 4 is 23.3 Å². The second-order valence-electron chi connectivity index (χ2n) is 5.85. The summed E-state index contributed by atoms with van der Waals surface area (Å²) in [5, 5.41) is 10.6. The predicted molar refractivity (Wildman–Crippen MR) is 95.2 cm³/mol. The van der Waals surface area contributed by atoms with Crippen LogP contribution in [0.4, 0.5) is 4.79 Å². The van der Waals surface area contributed by atoms with Crippen molar-refractivity contribution < 1.29 is 9.59 Å². The van der Waals surface area contributed by atoms with Gasteiger partial charge in [-0.1, -0.05) is 12.1 Å². The van der Waals surface area contributed by atoms with Gasteiger partial charge in [0.1, 0.15) is 0 Å². The minimum absolute atomic E-state index is 0.107. The molecule has 0 unspecified atom stereocenters. The quantitative estimate of drug-likeness (QED) is 0.799. The summed E-state index contributed by atoms with van der Waals surface area (Å²) in [6.45, 7) is 0.434. The highest BCUT2D eigenvalue weighted by molar-refractivity contribution is 7.10. The number of nitrogens with one attached hydrogen (secondary N) is 3. The molecule has 1 aromatic heterocycles. The van der Waals surface area contributed by atoms with Crippen LogP contribution >= 0.6 is 11.3 Å². The van der Waals surface area contributed by atoms with Crippen molar-refractivity contribution in [2.24, 2.45) is 0 Å². The van der Waals surface area contributed by atoms with Gasteiger partial charge in [0.15, 0.2) is 0 Å². The number of amides is 3. The predicted octanol–water partition coefficient (Wildman–Crippen LogP) is 2.98. The first-order valence-corrected chi connectivity index (χ1v) is 8.97. The standard InChI is InChI=1S/C18H21N3O2S/c1-19-17(22)13-7-5-12(6-8-13)11-20-18(23)21-15-3-2-4-16-14(15)9-10-24-16/h5-10,15H,2-4,11H2,1H3,(H,19,22)(H2,20,21,23)/t15-/m0/s1. The van der Waals surface area contributed by atoms with E-state index in [1.807, 2.05) is 12.1 Å². The molecule has 2 aromatic rings. The van der Waals surface area contributed by atoms with Gasteiger partial charge in [0, 0.05) is 24.0 Å². The largest absolute Gasteiger partial charge is 0.355 e. The molecule has 0 saturated carbocycles. The van der Waals surface area contributed by atoms with Gasteiger partial charge in [0.25, 0.3) is 5.91 Å². The number of carbonyl (C=O) groups excluding carboxylic acids is 2. The molecule has 1 aliphatic rings. The Balaban J connectivity index is 1.52. The summed E-state index contributed by atoms with van der Waals surface area (Å²) in [5.74, 6) is -0.115. The van der Waals surface area contributed by atoms with Gasteiger partial charge in [-0.2, -0.15) is 0 Å². The number of urea groups is 1. The number of hydrogen-bond donors (Lipinski definition) is 3. The SMILES string of the molecule is CNC(=O)c1ccc(CNC(=O)N[C@H]2CCCc3sccc32)cc1. The summed E-state index contributed by atoms with van der Waals surface area (Å²) in [6, 6.07) is 9.27. The molecule has 0 aliphatic heterocycles. The summed E-state index contributed by atoms with van der Waals surface area (Å²) >= 11 is 1.77. The zero-order valence-corrected chi connectivity index (χ0v) is 14.4. The van der Waals surface area contributed by atoms with Gasteiger partial charge in [0.05, 0.1) is 6.04 Å². The van der Waals surface area contributed by atoms with E-state index in [0.29, 0.717) is 12.1 Å². The summed E-state index contributed by atoms with van der Waals surface area (Å²) in [4.78, 5) is 25.0. The molecule has 126 valence electrons. The van der Waals surface area contributed by atoms with E-state index < -0.39 is 0 Å². The van der Waals surface area contributed by atoms with Crippen LogP contribution in [-0.2, 0) is 13.0 Å². The third-order valence-corrected chi connectivity index (χ3v) is 5.25. The first-order valence-electron chi connectivity index (χ1n) is 8.09. The first kappa shape index (κ1) is 16.5. The average Bonchev–Trinajstić information content (AvgIpc) is 3.09. The Morgan fingerprint density at radius 2 is 2.00 bits per heavy atom. The van der Waals surface area contributed by atoms with Crippen molar-refractivity contribution in [3.8, 4) is 0 Å². The molecule has 5 nitrogen and oxygen atoms in total. The Morgan fingerprint density at radius 3 is 2.75 bits per heavy atom. The number of thiophene rings is 1. The average molecular weight is 343 g/mol. The molecule has 1 heterocycles. The topological polar surface area (TPSA) is 70.2 Å². The molecule has 3 N–H and O–H groups in total. The van der Waals surface area contributed by atoms with Crippen molar-refractivity contribution in [1.82, 2.24) is 16.0 Å². The fraction of sp³-hybridized carbons (Fsp3) is 0.333. The maximum absolute atomic E-state index is 12.2. The number of rotatable bonds is 4. The van der Waals surface area contributed by atoms with E-state index in [1.165, 1.54) is 10.4 Å². The lowest BCUT2D eigenvalue weighted by molar-refractivity contribution is 0.0963. The van der Waals surface area contributed by atoms with Crippen LogP contribution in [0.5, 0.6) is 0 Å². The van der Waals surface area contributed by atoms with Gasteiger partial charge < -0.3 is 16.0 Å². The Labute approximate surface area is 145 Å². The molecule has 1 atom stereocenters. The van der Waals surface area contributed by atoms with Crippen molar-refractivity contribution in [2.75, 3.05) is 7.05 Å². The Kier molecular flexibility index (Phi) is 5.15. The highest BCUT2D eigenvalue weighted by atomic mass is 32.1. The fourth-order valence-electron chi connectivity index (χ4n) is 2.95. The minimum Gasteiger partial charge on any atom is -0.355 e. The molecule has 1 aliphatic carbocycles. The highest BCUT2D eigenvalue weighted by Gasteiger charge is 2.22. The second-order valence-corrected chi connectivity index (χ2v) is 6.85. The van der Waals surface area contributed by atoms with Crippen LogP contribution in [0.15, 0.2) is 35.7 Å². The van der Waals surface area contributed by atoms with Crippen LogP contribution in [0.3, 0.4) is 0 Å². The first-order chi connectivity index (χ1) is 11.7. The fourth-order valence-corrected chi connectivity index (χ4v) is 3.93. The molecule has 0 bridgehead atoms. The zero-order chi connectivity index (χ0) is 16.9. The van der Waals surface area contributed by atoms with E-state index in [-0.39, 0.29) is 18.0 Å². The van der Waals surface area contributed by atoms with E-state index in [1.54, 1.807) is 30.5 Å². The summed E-state index contributed by atoms with van der Waals surface area (Å²) < 4.78 is 0. The van der Waals surface area contributed by atoms with Crippen LogP contribution in [0.2, 0.25) is 0 Å². The van der Waals surface area contributed by atoms with Gasteiger partial charge in [-0.3, -0.25) is 4.79 Å². The van der Waals surface area contributed by atoms with Crippen LogP contribution in [-0.4, -0.2) is 19.0 Å². The zero-order valence-electron chi connectivity index (χ0n) is 13.6. The molecule has 0 fully saturated rings. The van der Waals surface area contributed by atoms with Gasteiger partial charge in [-0.05, 0) is 54.0 Å². The number of hydrogen-bond acceptors (Lipinski definition) is 3. The van der Waals surface area contributed by atoms with E-state index >= 15 is 0 Å². The van der Waals surface area contributed by atoms with E-state index in [4.69, 9.17) is 0 Å². The van der Waals surface area contributed by atoms with Crippen LogP contribution < -0.4 is 16.0 Å². The third kappa shape index (κ3) is 3.76. The van der Waals surface area contributed by atoms with Crippen molar-refractivity contribution in [2.45, 2.75) is 31.8 Å². The maximum Gasteiger partial charge on any atom is 0.315 e. The summed E-state index contributed by atoms with van der Waals surface area (Å²) in [5.41, 5.74) is 2.83. The van der Waals surface area contributed by atoms with Crippen LogP contribution in [0.25, 0.3) is 0 Å². The number of aryl methyl sites for hydroxylation is 1. The number of fused-ring (bicyclic) bond motifs is 1. The summed E-state index contributed by atoms with van der Waals surface area (Å²) in [7, 11) is 1.60. The van der Waals surface area contributed by atoms with Crippen molar-refractivity contribution in [1.29, 1.82) is 0 Å². The molecule has 1 aromatic carbocycles. The molecule has 0 saturated heterocycles. The normalized spacial score (nSPS) is 16.1. The lowest BCUT2D eigenvalue weighted by Crippen LogP contribution is -2.38. The number of carbonyl (C=O) groups is 2. The van der Waals surface area contributed by atoms with Crippen LogP contribution in [0, 0.1) is 0 Å². The molecular weight excluding hydrogens is 322 g/mol. The number of benzene rings is 1. The second kappa shape index (κ2) is 7.49. The van der Waals surface area contributed by atoms with E-state index in [2.05, 4.69) is 27.4 Å². The Morgan fingerprint density at radius 1 is 1.21 bits per heavy atom. The lowest BCUT2D eigenvalue weighted by atomic mass is 9.94. The molecule has 6 heteroatoms. The van der Waals surface area contributed by atoms with Gasteiger partial charge in [0.2, 0.25) is 0 Å². The van der Waals surface area contributed by atoms with E-state index in [9.17, 15) is 9.59 Å². The molecule has 0 radical (unpaired) electrons. The van der Waals surface area contributed by atoms with Gasteiger partial charge in [-0.15, -0.1) is 11.3 Å². The van der Waals surface area contributed by atoms with E-state index in [0.717, 1.165) is 24.8 Å². The van der Waals surface area contributed by atoms with Crippen molar-refractivity contribution in [3.05, 3.63) is 57.3 Å². The Bertz CT molecular complexity index is 724. The minimum atomic E-state index is -0.158. The van der Waals surface area contributed by atoms with Gasteiger partial charge >= 0.3 is 6.03 Å². The molecule has 0 spiro atoms. The lowest BCUT2D eigenvalue weighted by Gasteiger charge is -2.23. The van der Waals surface area contributed by atoms with Gasteiger partial charge in [-0.25, -0.2) is 4.79 Å². The molecular formula is C18H21N3O2S. The summed E-state index contributed by atoms with van der Waals surface area (Å²) in [6.07, 6.45) is 3.21. The molecule has 24 heavy (non-hydrogen) atoms. The highest BCUT2D eigenvalue weighted by Crippen LogP contribution is 2.33. The third-order valence-electron chi connectivity index (χ3n) is 4.25. The van der Waals surface area contributed by atoms with Crippen LogP contribution in [0.1, 0.15) is 45.2 Å². The monoisotopic (exact) mass is 343 g/mol. The smallest absolute Gasteiger partial charge is 0.315 e. The maximum atomic E-state index is 12.2.